The van der Waals surface area contributed by atoms with Gasteiger partial charge in [-0.05, 0) is 35.1 Å². The number of nitrogens with zero attached hydrogens (tertiary/aromatic N) is 1. The second kappa shape index (κ2) is 7.32. The van der Waals surface area contributed by atoms with Crippen LogP contribution in [-0.4, -0.2) is 59.8 Å². The van der Waals surface area contributed by atoms with Gasteiger partial charge < -0.3 is 0 Å². The van der Waals surface area contributed by atoms with Gasteiger partial charge in [-0.1, -0.05) is 27.7 Å². The van der Waals surface area contributed by atoms with Gasteiger partial charge in [0.05, 0.1) is 16.5 Å². The molecule has 6 heteroatoms. The molecule has 0 heterocycles. The number of sulfonamides is 1. The summed E-state index contributed by atoms with van der Waals surface area (Å²) in [6.07, 6.45) is 0. The molecule has 0 aromatic heterocycles. The summed E-state index contributed by atoms with van der Waals surface area (Å²) in [5.41, 5.74) is 1.82. The number of hydrogen-bond acceptors (Lipinski definition) is 3. The molecular weight excluding hydrogens is 287 g/mol. The van der Waals surface area contributed by atoms with Crippen molar-refractivity contribution in [2.75, 3.05) is 0 Å². The van der Waals surface area contributed by atoms with Crippen LogP contribution in [0, 0.1) is 11.3 Å². The van der Waals surface area contributed by atoms with Gasteiger partial charge in [-0.3, -0.25) is 0 Å². The average Bonchev–Trinajstić information content (AvgIpc) is 2.25. The van der Waals surface area contributed by atoms with E-state index < -0.39 is 10.0 Å². The number of nitrogens with two attached hydrogens (primary N) is 1. The van der Waals surface area contributed by atoms with Crippen LogP contribution in [0.25, 0.3) is 0 Å². The molecule has 0 bridgehead atoms. The Morgan fingerprint density at radius 2 is 1.58 bits per heavy atom. The summed E-state index contributed by atoms with van der Waals surface area (Å²) in [6, 6.07) is 5.29. The van der Waals surface area contributed by atoms with Gasteiger partial charge in [0.25, 0.3) is 0 Å². The van der Waals surface area contributed by atoms with Gasteiger partial charge in [-0.2, -0.15) is 5.26 Å². The van der Waals surface area contributed by atoms with Crippen molar-refractivity contribution in [2.45, 2.75) is 44.4 Å². The molecule has 100 valence electrons. The summed E-state index contributed by atoms with van der Waals surface area (Å²) in [5, 5.41) is 14.4. The van der Waals surface area contributed by atoms with Crippen molar-refractivity contribution in [3.8, 4) is 6.07 Å². The summed E-state index contributed by atoms with van der Waals surface area (Å²) in [5.74, 6) is 0.0630. The van der Waals surface area contributed by atoms with E-state index in [4.69, 9.17) is 10.4 Å². The van der Waals surface area contributed by atoms with Gasteiger partial charge in [0.2, 0.25) is 10.0 Å². The molecule has 0 aliphatic carbocycles. The van der Waals surface area contributed by atoms with Crippen LogP contribution < -0.4 is 5.14 Å². The third-order valence-electron chi connectivity index (χ3n) is 2.85. The first kappa shape index (κ1) is 19.3. The van der Waals surface area contributed by atoms with Gasteiger partial charge in [-0.15, -0.1) is 0 Å². The van der Waals surface area contributed by atoms with Crippen LogP contribution in [-0.2, 0) is 10.0 Å². The van der Waals surface area contributed by atoms with Crippen molar-refractivity contribution >= 4 is 61.4 Å². The third-order valence-corrected chi connectivity index (χ3v) is 3.82. The predicted octanol–water partition coefficient (Wildman–Crippen LogP) is 1.80. The maximum absolute atomic E-state index is 11.6. The van der Waals surface area contributed by atoms with E-state index in [9.17, 15) is 8.42 Å². The van der Waals surface area contributed by atoms with Crippen LogP contribution in [0.3, 0.4) is 0 Å². The molecule has 0 radical (unpaired) electrons. The van der Waals surface area contributed by atoms with Gasteiger partial charge in [0, 0.05) is 0 Å². The fourth-order valence-electron chi connectivity index (χ4n) is 1.88. The summed E-state index contributed by atoms with van der Waals surface area (Å²) in [6.45, 7) is 7.58. The molecule has 0 fully saturated rings. The van der Waals surface area contributed by atoms with E-state index >= 15 is 0 Å². The quantitative estimate of drug-likeness (QED) is 0.864. The van der Waals surface area contributed by atoms with Crippen molar-refractivity contribution in [2.24, 2.45) is 5.14 Å². The average molecular weight is 306 g/mol. The van der Waals surface area contributed by atoms with Crippen molar-refractivity contribution in [3.05, 3.63) is 28.8 Å². The molecule has 0 aliphatic heterocycles. The second-order valence-electron chi connectivity index (χ2n) is 4.94. The molecular formula is C13H19KN2O2S. The molecule has 0 unspecified atom stereocenters. The van der Waals surface area contributed by atoms with Crippen LogP contribution in [0.2, 0.25) is 0 Å². The summed E-state index contributed by atoms with van der Waals surface area (Å²) >= 11 is 0. The van der Waals surface area contributed by atoms with Gasteiger partial charge in [0.1, 0.15) is 0 Å². The molecule has 0 saturated heterocycles. The Bertz CT molecular complexity index is 602. The number of benzene rings is 1. The Morgan fingerprint density at radius 1 is 1.11 bits per heavy atom. The molecule has 1 aromatic carbocycles. The zero-order valence-electron chi connectivity index (χ0n) is 11.1. The first-order valence-corrected chi connectivity index (χ1v) is 7.33. The molecule has 19 heavy (non-hydrogen) atoms. The standard InChI is InChI=1S/C13H18N2O2S.K.H/c1-8(2)11-6-13(18(15,16)17)12(9(3)4)5-10(11)7-14;;/h5-6,8-9H,1-4H3,(H2,15,16,17);;. The summed E-state index contributed by atoms with van der Waals surface area (Å²) < 4.78 is 23.3. The molecule has 0 spiro atoms. The van der Waals surface area contributed by atoms with Crippen molar-refractivity contribution in [3.63, 3.8) is 0 Å². The van der Waals surface area contributed by atoms with E-state index in [-0.39, 0.29) is 68.1 Å². The van der Waals surface area contributed by atoms with Gasteiger partial charge in [0.15, 0.2) is 0 Å². The first-order valence-electron chi connectivity index (χ1n) is 5.79. The van der Waals surface area contributed by atoms with Crippen LogP contribution >= 0.6 is 0 Å². The number of hydrogen-bond donors (Lipinski definition) is 1. The zero-order chi connectivity index (χ0) is 14.1. The minimum absolute atomic E-state index is 0. The Hall–Kier alpha value is 0.256. The van der Waals surface area contributed by atoms with E-state index in [1.165, 1.54) is 6.07 Å². The Kier molecular flexibility index (Phi) is 7.42. The summed E-state index contributed by atoms with van der Waals surface area (Å²) in [7, 11) is -3.77. The van der Waals surface area contributed by atoms with Gasteiger partial charge >= 0.3 is 51.4 Å². The topological polar surface area (TPSA) is 84.0 Å². The number of rotatable bonds is 3. The van der Waals surface area contributed by atoms with Gasteiger partial charge in [-0.25, -0.2) is 13.6 Å². The first-order chi connectivity index (χ1) is 8.18. The van der Waals surface area contributed by atoms with E-state index in [2.05, 4.69) is 6.07 Å². The van der Waals surface area contributed by atoms with E-state index in [1.807, 2.05) is 27.7 Å². The molecule has 2 N–H and O–H groups in total. The normalized spacial score (nSPS) is 11.3. The second-order valence-corrected chi connectivity index (χ2v) is 6.47. The Labute approximate surface area is 157 Å². The minimum atomic E-state index is -3.77. The van der Waals surface area contributed by atoms with E-state index in [0.717, 1.165) is 0 Å². The SMILES string of the molecule is CC(C)c1cc(S(N)(=O)=O)c(C(C)C)cc1C#N.[KH]. The van der Waals surface area contributed by atoms with E-state index in [0.29, 0.717) is 16.7 Å². The number of nitriles is 1. The molecule has 0 aliphatic rings. The molecule has 0 saturated carbocycles. The summed E-state index contributed by atoms with van der Waals surface area (Å²) in [4.78, 5) is 0.125. The number of primary sulfonamides is 1. The Morgan fingerprint density at radius 3 is 1.89 bits per heavy atom. The van der Waals surface area contributed by atoms with Crippen LogP contribution in [0.1, 0.15) is 56.2 Å². The maximum atomic E-state index is 11.6. The predicted molar refractivity (Wildman–Crippen MR) is 77.9 cm³/mol. The molecule has 1 rings (SSSR count). The van der Waals surface area contributed by atoms with Crippen LogP contribution in [0.15, 0.2) is 17.0 Å². The van der Waals surface area contributed by atoms with Crippen LogP contribution in [0.5, 0.6) is 0 Å². The third kappa shape index (κ3) is 4.64. The van der Waals surface area contributed by atoms with Crippen molar-refractivity contribution in [1.82, 2.24) is 0 Å². The fourth-order valence-corrected chi connectivity index (χ4v) is 2.80. The monoisotopic (exact) mass is 306 g/mol. The molecule has 1 aromatic rings. The van der Waals surface area contributed by atoms with Crippen LogP contribution in [0.4, 0.5) is 0 Å². The molecule has 4 nitrogen and oxygen atoms in total. The molecule has 0 amide bonds. The van der Waals surface area contributed by atoms with E-state index in [1.54, 1.807) is 6.07 Å². The zero-order valence-corrected chi connectivity index (χ0v) is 11.9. The Balaban J connectivity index is 0.00000324. The fraction of sp³-hybridized carbons (Fsp3) is 0.462. The van der Waals surface area contributed by atoms with Crippen molar-refractivity contribution in [1.29, 1.82) is 5.26 Å². The molecule has 0 atom stereocenters. The van der Waals surface area contributed by atoms with Crippen molar-refractivity contribution < 1.29 is 8.42 Å².